The second-order valence-electron chi connectivity index (χ2n) is 6.19. The molecule has 1 heterocycles. The first kappa shape index (κ1) is 19.2. The Bertz CT molecular complexity index is 984. The number of methoxy groups -OCH3 is 1. The van der Waals surface area contributed by atoms with Crippen LogP contribution in [-0.2, 0) is 17.8 Å². The lowest BCUT2D eigenvalue weighted by atomic mass is 10.0. The molecule has 0 aliphatic carbocycles. The van der Waals surface area contributed by atoms with Crippen LogP contribution in [0.15, 0.2) is 54.8 Å². The van der Waals surface area contributed by atoms with Crippen LogP contribution in [0, 0.1) is 5.82 Å². The largest absolute Gasteiger partial charge is 0.504 e. The lowest BCUT2D eigenvalue weighted by Gasteiger charge is -2.12. The van der Waals surface area contributed by atoms with E-state index in [9.17, 15) is 19.1 Å². The molecule has 0 spiro atoms. The minimum Gasteiger partial charge on any atom is -0.504 e. The molecule has 144 valence electrons. The van der Waals surface area contributed by atoms with Gasteiger partial charge in [-0.05, 0) is 36.3 Å². The van der Waals surface area contributed by atoms with Gasteiger partial charge in [-0.15, -0.1) is 6.58 Å². The van der Waals surface area contributed by atoms with Crippen LogP contribution in [0.5, 0.6) is 11.5 Å². The van der Waals surface area contributed by atoms with Crippen molar-refractivity contribution in [2.75, 3.05) is 7.11 Å². The van der Waals surface area contributed by atoms with Gasteiger partial charge in [-0.3, -0.25) is 9.69 Å². The standard InChI is InChI=1S/C21H19FN2O4/c1-3-6-14-9-13(11-18(28-2)19(14)25)10-17-20(26)24(21(27)23-17)12-15-7-4-5-8-16(15)22/h3-5,7-11,25H,1,6,12H2,2H3,(H,23,27)/b17-10+. The molecule has 0 aromatic heterocycles. The number of aromatic hydroxyl groups is 1. The molecule has 28 heavy (non-hydrogen) atoms. The van der Waals surface area contributed by atoms with E-state index in [2.05, 4.69) is 11.9 Å². The Morgan fingerprint density at radius 1 is 1.25 bits per heavy atom. The number of phenolic OH excluding ortho intramolecular Hbond substituents is 1. The van der Waals surface area contributed by atoms with Gasteiger partial charge < -0.3 is 15.2 Å². The second-order valence-corrected chi connectivity index (χ2v) is 6.19. The van der Waals surface area contributed by atoms with Crippen molar-refractivity contribution in [1.82, 2.24) is 10.2 Å². The monoisotopic (exact) mass is 382 g/mol. The van der Waals surface area contributed by atoms with Crippen LogP contribution in [0.4, 0.5) is 9.18 Å². The topological polar surface area (TPSA) is 78.9 Å². The number of imide groups is 1. The van der Waals surface area contributed by atoms with Gasteiger partial charge in [0.15, 0.2) is 11.5 Å². The van der Waals surface area contributed by atoms with Gasteiger partial charge in [0.05, 0.1) is 13.7 Å². The number of urea groups is 1. The van der Waals surface area contributed by atoms with E-state index in [4.69, 9.17) is 4.74 Å². The highest BCUT2D eigenvalue weighted by atomic mass is 19.1. The van der Waals surface area contributed by atoms with Gasteiger partial charge in [-0.1, -0.05) is 24.3 Å². The van der Waals surface area contributed by atoms with Crippen molar-refractivity contribution in [1.29, 1.82) is 0 Å². The minimum atomic E-state index is -0.628. The molecule has 0 unspecified atom stereocenters. The number of ether oxygens (including phenoxy) is 1. The summed E-state index contributed by atoms with van der Waals surface area (Å²) in [5.74, 6) is -0.817. The van der Waals surface area contributed by atoms with Crippen molar-refractivity contribution in [2.24, 2.45) is 0 Å². The third kappa shape index (κ3) is 3.73. The SMILES string of the molecule is C=CCc1cc(/C=C2/NC(=O)N(Cc3ccccc3F)C2=O)cc(OC)c1O. The van der Waals surface area contributed by atoms with Gasteiger partial charge >= 0.3 is 6.03 Å². The van der Waals surface area contributed by atoms with E-state index in [0.29, 0.717) is 17.5 Å². The van der Waals surface area contributed by atoms with E-state index in [1.54, 1.807) is 24.3 Å². The van der Waals surface area contributed by atoms with Gasteiger partial charge in [0.2, 0.25) is 0 Å². The molecule has 3 amide bonds. The van der Waals surface area contributed by atoms with Crippen molar-refractivity contribution < 1.29 is 23.8 Å². The smallest absolute Gasteiger partial charge is 0.329 e. The summed E-state index contributed by atoms with van der Waals surface area (Å²) < 4.78 is 19.0. The van der Waals surface area contributed by atoms with Gasteiger partial charge in [0.1, 0.15) is 11.5 Å². The van der Waals surface area contributed by atoms with Crippen LogP contribution in [0.3, 0.4) is 0 Å². The van der Waals surface area contributed by atoms with Crippen molar-refractivity contribution in [3.8, 4) is 11.5 Å². The van der Waals surface area contributed by atoms with E-state index in [1.807, 2.05) is 0 Å². The van der Waals surface area contributed by atoms with E-state index < -0.39 is 17.8 Å². The van der Waals surface area contributed by atoms with Crippen LogP contribution in [0.25, 0.3) is 6.08 Å². The maximum Gasteiger partial charge on any atom is 0.329 e. The molecule has 0 saturated carbocycles. The molecule has 1 aliphatic rings. The number of carbonyl (C=O) groups excluding carboxylic acids is 2. The van der Waals surface area contributed by atoms with Gasteiger partial charge in [0, 0.05) is 11.1 Å². The van der Waals surface area contributed by atoms with E-state index in [1.165, 1.54) is 31.4 Å². The first-order chi connectivity index (χ1) is 13.4. The Hall–Kier alpha value is -3.61. The van der Waals surface area contributed by atoms with E-state index in [-0.39, 0.29) is 29.3 Å². The fraction of sp³-hybridized carbons (Fsp3) is 0.143. The lowest BCUT2D eigenvalue weighted by molar-refractivity contribution is -0.123. The number of phenols is 1. The number of amides is 3. The molecule has 3 rings (SSSR count). The fourth-order valence-electron chi connectivity index (χ4n) is 2.92. The quantitative estimate of drug-likeness (QED) is 0.456. The molecule has 0 bridgehead atoms. The minimum absolute atomic E-state index is 0.00693. The zero-order valence-electron chi connectivity index (χ0n) is 15.2. The number of carbonyl (C=O) groups is 2. The predicted molar refractivity (Wildman–Crippen MR) is 102 cm³/mol. The summed E-state index contributed by atoms with van der Waals surface area (Å²) in [7, 11) is 1.42. The molecule has 6 nitrogen and oxygen atoms in total. The molecule has 1 saturated heterocycles. The average Bonchev–Trinajstić information content (AvgIpc) is 2.93. The molecular formula is C21H19FN2O4. The summed E-state index contributed by atoms with van der Waals surface area (Å²) >= 11 is 0. The maximum atomic E-state index is 13.8. The van der Waals surface area contributed by atoms with Crippen molar-refractivity contribution in [3.63, 3.8) is 0 Å². The molecule has 7 heteroatoms. The highest BCUT2D eigenvalue weighted by molar-refractivity contribution is 6.13. The van der Waals surface area contributed by atoms with Crippen molar-refractivity contribution in [3.05, 3.63) is 77.3 Å². The highest BCUT2D eigenvalue weighted by Gasteiger charge is 2.34. The number of nitrogens with zero attached hydrogens (tertiary/aromatic N) is 1. The first-order valence-electron chi connectivity index (χ1n) is 8.53. The van der Waals surface area contributed by atoms with Crippen LogP contribution >= 0.6 is 0 Å². The van der Waals surface area contributed by atoms with Gasteiger partial charge in [-0.2, -0.15) is 0 Å². The number of nitrogens with one attached hydrogen (secondary N) is 1. The molecule has 0 atom stereocenters. The second kappa shape index (κ2) is 7.96. The molecule has 1 fully saturated rings. The number of allylic oxidation sites excluding steroid dienone is 1. The molecule has 2 aromatic rings. The van der Waals surface area contributed by atoms with Crippen LogP contribution < -0.4 is 10.1 Å². The molecule has 2 aromatic carbocycles. The summed E-state index contributed by atoms with van der Waals surface area (Å²) in [6.45, 7) is 3.48. The Kier molecular flexibility index (Phi) is 5.44. The number of rotatable bonds is 6. The van der Waals surface area contributed by atoms with Crippen molar-refractivity contribution in [2.45, 2.75) is 13.0 Å². The van der Waals surface area contributed by atoms with Crippen LogP contribution in [0.1, 0.15) is 16.7 Å². The highest BCUT2D eigenvalue weighted by Crippen LogP contribution is 2.33. The lowest BCUT2D eigenvalue weighted by Crippen LogP contribution is -2.30. The summed E-state index contributed by atoms with van der Waals surface area (Å²) in [4.78, 5) is 25.8. The first-order valence-corrected chi connectivity index (χ1v) is 8.53. The zero-order valence-corrected chi connectivity index (χ0v) is 15.2. The Labute approximate surface area is 161 Å². The zero-order chi connectivity index (χ0) is 20.3. The number of hydrogen-bond acceptors (Lipinski definition) is 4. The van der Waals surface area contributed by atoms with Crippen LogP contribution in [0.2, 0.25) is 0 Å². The van der Waals surface area contributed by atoms with Gasteiger partial charge in [-0.25, -0.2) is 9.18 Å². The van der Waals surface area contributed by atoms with Crippen LogP contribution in [-0.4, -0.2) is 29.1 Å². The fourth-order valence-corrected chi connectivity index (χ4v) is 2.92. The van der Waals surface area contributed by atoms with Crippen molar-refractivity contribution >= 4 is 18.0 Å². The van der Waals surface area contributed by atoms with E-state index >= 15 is 0 Å². The third-order valence-corrected chi connectivity index (χ3v) is 4.32. The normalized spacial score (nSPS) is 15.1. The Morgan fingerprint density at radius 2 is 2.00 bits per heavy atom. The summed E-state index contributed by atoms with van der Waals surface area (Å²) in [5.41, 5.74) is 1.43. The molecule has 0 radical (unpaired) electrons. The maximum absolute atomic E-state index is 13.8. The number of hydrogen-bond donors (Lipinski definition) is 2. The average molecular weight is 382 g/mol. The third-order valence-electron chi connectivity index (χ3n) is 4.32. The summed E-state index contributed by atoms with van der Waals surface area (Å²) in [5, 5.41) is 12.7. The van der Waals surface area contributed by atoms with E-state index in [0.717, 1.165) is 4.90 Å². The Balaban J connectivity index is 1.90. The Morgan fingerprint density at radius 3 is 2.68 bits per heavy atom. The molecule has 2 N–H and O–H groups in total. The summed E-state index contributed by atoms with van der Waals surface area (Å²) in [6.07, 6.45) is 3.51. The number of benzene rings is 2. The van der Waals surface area contributed by atoms with Gasteiger partial charge in [0.25, 0.3) is 5.91 Å². The molecule has 1 aliphatic heterocycles. The summed E-state index contributed by atoms with van der Waals surface area (Å²) in [6, 6.07) is 8.56. The molecular weight excluding hydrogens is 363 g/mol. The predicted octanol–water partition coefficient (Wildman–Crippen LogP) is 3.36. The number of halogens is 1.